The van der Waals surface area contributed by atoms with Crippen LogP contribution in [-0.4, -0.2) is 61.9 Å². The van der Waals surface area contributed by atoms with Gasteiger partial charge in [-0.15, -0.1) is 0 Å². The number of rotatable bonds is 6. The van der Waals surface area contributed by atoms with Crippen molar-refractivity contribution in [2.75, 3.05) is 19.7 Å². The molecule has 2 aromatic heterocycles. The van der Waals surface area contributed by atoms with Crippen LogP contribution >= 0.6 is 0 Å². The summed E-state index contributed by atoms with van der Waals surface area (Å²) < 4.78 is 5.21. The van der Waals surface area contributed by atoms with Crippen LogP contribution in [0.3, 0.4) is 0 Å². The monoisotopic (exact) mass is 346 g/mol. The van der Waals surface area contributed by atoms with Crippen LogP contribution in [0.1, 0.15) is 25.2 Å². The maximum atomic E-state index is 12.2. The fourth-order valence-electron chi connectivity index (χ4n) is 2.94. The van der Waals surface area contributed by atoms with Crippen LogP contribution in [0, 0.1) is 5.92 Å². The van der Waals surface area contributed by atoms with E-state index in [-0.39, 0.29) is 25.0 Å². The number of carbonyl (C=O) groups excluding carboxylic acids is 1. The lowest BCUT2D eigenvalue weighted by Gasteiger charge is -2.35. The maximum absolute atomic E-state index is 12.2. The number of aliphatic hydroxyl groups excluding tert-OH is 2. The highest BCUT2D eigenvalue weighted by molar-refractivity contribution is 5.76. The first-order chi connectivity index (χ1) is 12.2. The Balaban J connectivity index is 1.45. The van der Waals surface area contributed by atoms with Crippen LogP contribution in [0.25, 0.3) is 11.4 Å². The SMILES string of the molecule is O=C(CCCc1nc(-c2cccnc2)no1)N1CC[C@H](CO)[C@H](O)C1. The lowest BCUT2D eigenvalue weighted by atomic mass is 9.94. The molecule has 3 heterocycles. The zero-order chi connectivity index (χ0) is 17.6. The van der Waals surface area contributed by atoms with E-state index < -0.39 is 6.10 Å². The number of aliphatic hydroxyl groups is 2. The van der Waals surface area contributed by atoms with Crippen molar-refractivity contribution in [2.45, 2.75) is 31.8 Å². The van der Waals surface area contributed by atoms with Crippen LogP contribution in [0.5, 0.6) is 0 Å². The molecule has 1 amide bonds. The topological polar surface area (TPSA) is 113 Å². The molecule has 1 aliphatic rings. The minimum atomic E-state index is -0.652. The highest BCUT2D eigenvalue weighted by Gasteiger charge is 2.29. The molecule has 2 aromatic rings. The Hall–Kier alpha value is -2.32. The maximum Gasteiger partial charge on any atom is 0.226 e. The number of amides is 1. The number of hydrogen-bond acceptors (Lipinski definition) is 7. The quantitative estimate of drug-likeness (QED) is 0.790. The molecule has 8 nitrogen and oxygen atoms in total. The van der Waals surface area contributed by atoms with Gasteiger partial charge in [0.25, 0.3) is 0 Å². The average Bonchev–Trinajstić information content (AvgIpc) is 3.11. The molecule has 1 fully saturated rings. The smallest absolute Gasteiger partial charge is 0.226 e. The third kappa shape index (κ3) is 4.40. The largest absolute Gasteiger partial charge is 0.396 e. The van der Waals surface area contributed by atoms with Crippen molar-refractivity contribution in [3.05, 3.63) is 30.4 Å². The second-order valence-corrected chi connectivity index (χ2v) is 6.25. The predicted molar refractivity (Wildman–Crippen MR) is 88.2 cm³/mol. The standard InChI is InChI=1S/C17H22N4O4/c22-11-13-6-8-21(10-14(13)23)16(24)5-1-4-15-19-17(20-25-15)12-3-2-7-18-9-12/h2-3,7,9,13-14,22-23H,1,4-6,8,10-11H2/t13-,14-/m1/s1. The number of hydrogen-bond donors (Lipinski definition) is 2. The van der Waals surface area contributed by atoms with Crippen LogP contribution in [-0.2, 0) is 11.2 Å². The molecule has 0 spiro atoms. The summed E-state index contributed by atoms with van der Waals surface area (Å²) in [6.45, 7) is 0.822. The number of β-amino-alcohol motifs (C(OH)–C–C–N with tert-alkyl or cyclic N) is 1. The normalized spacial score (nSPS) is 20.6. The van der Waals surface area contributed by atoms with E-state index in [1.807, 2.05) is 6.07 Å². The first-order valence-corrected chi connectivity index (χ1v) is 8.47. The summed E-state index contributed by atoms with van der Waals surface area (Å²) >= 11 is 0. The summed E-state index contributed by atoms with van der Waals surface area (Å²) in [7, 11) is 0. The van der Waals surface area contributed by atoms with E-state index in [1.54, 1.807) is 23.4 Å². The molecule has 0 aliphatic carbocycles. The molecule has 25 heavy (non-hydrogen) atoms. The van der Waals surface area contributed by atoms with Crippen molar-refractivity contribution < 1.29 is 19.5 Å². The zero-order valence-corrected chi connectivity index (χ0v) is 13.9. The van der Waals surface area contributed by atoms with Gasteiger partial charge in [-0.1, -0.05) is 5.16 Å². The molecule has 0 saturated carbocycles. The first-order valence-electron chi connectivity index (χ1n) is 8.47. The Morgan fingerprint density at radius 3 is 3.04 bits per heavy atom. The zero-order valence-electron chi connectivity index (χ0n) is 13.9. The van der Waals surface area contributed by atoms with Crippen molar-refractivity contribution >= 4 is 5.91 Å². The number of nitrogens with zero attached hydrogens (tertiary/aromatic N) is 4. The molecular formula is C17H22N4O4. The molecular weight excluding hydrogens is 324 g/mol. The number of carbonyl (C=O) groups is 1. The van der Waals surface area contributed by atoms with Gasteiger partial charge >= 0.3 is 0 Å². The highest BCUT2D eigenvalue weighted by Crippen LogP contribution is 2.19. The summed E-state index contributed by atoms with van der Waals surface area (Å²) in [4.78, 5) is 22.2. The molecule has 0 unspecified atom stereocenters. The van der Waals surface area contributed by atoms with E-state index >= 15 is 0 Å². The summed E-state index contributed by atoms with van der Waals surface area (Å²) in [6, 6.07) is 3.66. The van der Waals surface area contributed by atoms with Gasteiger partial charge in [-0.3, -0.25) is 9.78 Å². The van der Waals surface area contributed by atoms with Crippen LogP contribution < -0.4 is 0 Å². The lowest BCUT2D eigenvalue weighted by molar-refractivity contribution is -0.136. The van der Waals surface area contributed by atoms with Gasteiger partial charge in [-0.25, -0.2) is 0 Å². The summed E-state index contributed by atoms with van der Waals surface area (Å²) in [5, 5.41) is 23.0. The molecule has 0 aromatic carbocycles. The van der Waals surface area contributed by atoms with Gasteiger partial charge in [0.05, 0.1) is 6.10 Å². The number of piperidine rings is 1. The van der Waals surface area contributed by atoms with E-state index in [1.165, 1.54) is 0 Å². The van der Waals surface area contributed by atoms with E-state index in [4.69, 9.17) is 9.63 Å². The first kappa shape index (κ1) is 17.5. The van der Waals surface area contributed by atoms with Crippen LogP contribution in [0.15, 0.2) is 29.0 Å². The van der Waals surface area contributed by atoms with Gasteiger partial charge in [0.2, 0.25) is 17.6 Å². The highest BCUT2D eigenvalue weighted by atomic mass is 16.5. The average molecular weight is 346 g/mol. The van der Waals surface area contributed by atoms with Gasteiger partial charge in [-0.05, 0) is 25.0 Å². The molecule has 1 saturated heterocycles. The fraction of sp³-hybridized carbons (Fsp3) is 0.529. The van der Waals surface area contributed by atoms with E-state index in [9.17, 15) is 9.90 Å². The van der Waals surface area contributed by atoms with Crippen molar-refractivity contribution in [1.82, 2.24) is 20.0 Å². The molecule has 3 rings (SSSR count). The summed E-state index contributed by atoms with van der Waals surface area (Å²) in [6.07, 6.45) is 4.80. The van der Waals surface area contributed by atoms with E-state index in [2.05, 4.69) is 15.1 Å². The number of likely N-dealkylation sites (tertiary alicyclic amines) is 1. The Bertz CT molecular complexity index is 691. The van der Waals surface area contributed by atoms with E-state index in [0.29, 0.717) is 43.9 Å². The van der Waals surface area contributed by atoms with Gasteiger partial charge in [-0.2, -0.15) is 4.98 Å². The minimum absolute atomic E-state index is 0.00226. The van der Waals surface area contributed by atoms with Crippen LogP contribution in [0.4, 0.5) is 0 Å². The Labute approximate surface area is 145 Å². The molecule has 2 N–H and O–H groups in total. The third-order valence-electron chi connectivity index (χ3n) is 4.48. The summed E-state index contributed by atoms with van der Waals surface area (Å²) in [5.74, 6) is 0.852. The summed E-state index contributed by atoms with van der Waals surface area (Å²) in [5.41, 5.74) is 0.786. The Kier molecular flexibility index (Phi) is 5.72. The number of pyridine rings is 1. The van der Waals surface area contributed by atoms with Crippen LogP contribution in [0.2, 0.25) is 0 Å². The molecule has 0 radical (unpaired) electrons. The fourth-order valence-corrected chi connectivity index (χ4v) is 2.94. The minimum Gasteiger partial charge on any atom is -0.396 e. The molecule has 2 atom stereocenters. The van der Waals surface area contributed by atoms with Crippen molar-refractivity contribution in [3.8, 4) is 11.4 Å². The second kappa shape index (κ2) is 8.17. The predicted octanol–water partition coefficient (Wildman–Crippen LogP) is 0.656. The Morgan fingerprint density at radius 1 is 1.44 bits per heavy atom. The van der Waals surface area contributed by atoms with Gasteiger partial charge in [0.1, 0.15) is 0 Å². The number of aryl methyl sites for hydroxylation is 1. The second-order valence-electron chi connectivity index (χ2n) is 6.25. The van der Waals surface area contributed by atoms with Gasteiger partial charge < -0.3 is 19.6 Å². The molecule has 8 heteroatoms. The number of aromatic nitrogens is 3. The molecule has 0 bridgehead atoms. The molecule has 1 aliphatic heterocycles. The van der Waals surface area contributed by atoms with Gasteiger partial charge in [0, 0.05) is 56.4 Å². The molecule has 134 valence electrons. The third-order valence-corrected chi connectivity index (χ3v) is 4.48. The Morgan fingerprint density at radius 2 is 2.32 bits per heavy atom. The van der Waals surface area contributed by atoms with Crippen molar-refractivity contribution in [1.29, 1.82) is 0 Å². The lowest BCUT2D eigenvalue weighted by Crippen LogP contribution is -2.47. The van der Waals surface area contributed by atoms with Crippen molar-refractivity contribution in [3.63, 3.8) is 0 Å². The van der Waals surface area contributed by atoms with E-state index in [0.717, 1.165) is 5.56 Å². The van der Waals surface area contributed by atoms with Crippen molar-refractivity contribution in [2.24, 2.45) is 5.92 Å². The van der Waals surface area contributed by atoms with Gasteiger partial charge in [0.15, 0.2) is 0 Å².